The number of aromatic nitrogens is 3. The topological polar surface area (TPSA) is 122 Å². The molecule has 0 spiro atoms. The predicted molar refractivity (Wildman–Crippen MR) is 157 cm³/mol. The zero-order valence-electron chi connectivity index (χ0n) is 22.5. The number of pyridine rings is 1. The molecule has 4 rings (SSSR count). The van der Waals surface area contributed by atoms with Crippen LogP contribution in [0.2, 0.25) is 0 Å². The molecule has 4 aromatic rings. The van der Waals surface area contributed by atoms with Gasteiger partial charge in [-0.25, -0.2) is 14.8 Å². The van der Waals surface area contributed by atoms with Gasteiger partial charge in [0.25, 0.3) is 0 Å². The summed E-state index contributed by atoms with van der Waals surface area (Å²) in [7, 11) is 2.96. The predicted octanol–water partition coefficient (Wildman–Crippen LogP) is 3.99. The lowest BCUT2D eigenvalue weighted by Gasteiger charge is -2.23. The molecule has 0 aliphatic rings. The average Bonchev–Trinajstić information content (AvgIpc) is 3.33. The van der Waals surface area contributed by atoms with Gasteiger partial charge in [-0.3, -0.25) is 4.79 Å². The van der Waals surface area contributed by atoms with Crippen LogP contribution in [-0.2, 0) is 38.6 Å². The van der Waals surface area contributed by atoms with Crippen molar-refractivity contribution in [2.45, 2.75) is 25.9 Å². The number of nitrogens with zero attached hydrogens (tertiary/aromatic N) is 4. The number of para-hydroxylation sites is 2. The summed E-state index contributed by atoms with van der Waals surface area (Å²) in [6.07, 6.45) is 1.24. The zero-order chi connectivity index (χ0) is 27.8. The van der Waals surface area contributed by atoms with Gasteiger partial charge in [-0.2, -0.15) is 0 Å². The van der Waals surface area contributed by atoms with E-state index >= 15 is 0 Å². The number of alkyl halides is 1. The van der Waals surface area contributed by atoms with E-state index in [1.807, 2.05) is 36.4 Å². The van der Waals surface area contributed by atoms with Crippen molar-refractivity contribution in [1.82, 2.24) is 19.4 Å². The minimum absolute atomic E-state index is 0. The summed E-state index contributed by atoms with van der Waals surface area (Å²) in [5.74, 6) is 0.891. The van der Waals surface area contributed by atoms with Gasteiger partial charge < -0.3 is 29.4 Å². The fraction of sp³-hybridized carbons (Fsp3) is 0.357. The van der Waals surface area contributed by atoms with Crippen molar-refractivity contribution in [1.29, 1.82) is 0 Å². The minimum atomic E-state index is -0.487. The van der Waals surface area contributed by atoms with Crippen molar-refractivity contribution in [3.8, 4) is 5.75 Å². The van der Waals surface area contributed by atoms with Gasteiger partial charge in [0.2, 0.25) is 5.91 Å². The van der Waals surface area contributed by atoms with Crippen molar-refractivity contribution in [3.05, 3.63) is 59.9 Å². The van der Waals surface area contributed by atoms with Crippen LogP contribution in [0, 0.1) is 0 Å². The molecule has 0 unspecified atom stereocenters. The Bertz CT molecular complexity index is 1460. The first-order valence-corrected chi connectivity index (χ1v) is 13.1. The van der Waals surface area contributed by atoms with E-state index in [4.69, 9.17) is 31.8 Å². The summed E-state index contributed by atoms with van der Waals surface area (Å²) >= 11 is 5.96. The van der Waals surface area contributed by atoms with Crippen LogP contribution in [0.1, 0.15) is 17.8 Å². The first kappa shape index (κ1) is 30.9. The van der Waals surface area contributed by atoms with Crippen molar-refractivity contribution < 1.29 is 23.8 Å². The molecule has 0 radical (unpaired) electrons. The Morgan fingerprint density at radius 2 is 1.82 bits per heavy atom. The average molecular weight is 591 g/mol. The second-order valence-electron chi connectivity index (χ2n) is 8.91. The highest BCUT2D eigenvalue weighted by molar-refractivity contribution is 6.27. The summed E-state index contributed by atoms with van der Waals surface area (Å²) in [6, 6.07) is 15.1. The van der Waals surface area contributed by atoms with Crippen LogP contribution < -0.4 is 10.5 Å². The number of imidazole rings is 1. The highest BCUT2D eigenvalue weighted by atomic mass is 35.5. The normalized spacial score (nSPS) is 10.9. The molecular formula is C28H33Cl2N5O5. The van der Waals surface area contributed by atoms with Gasteiger partial charge in [0, 0.05) is 44.1 Å². The number of halogens is 2. The van der Waals surface area contributed by atoms with Gasteiger partial charge in [-0.15, -0.1) is 24.0 Å². The molecule has 10 nitrogen and oxygen atoms in total. The fourth-order valence-corrected chi connectivity index (χ4v) is 4.67. The van der Waals surface area contributed by atoms with Crippen LogP contribution in [0.15, 0.2) is 48.5 Å². The van der Waals surface area contributed by atoms with Gasteiger partial charge in [0.05, 0.1) is 24.8 Å². The molecule has 214 valence electrons. The Balaban J connectivity index is 0.00000441. The first-order chi connectivity index (χ1) is 19.0. The van der Waals surface area contributed by atoms with Gasteiger partial charge >= 0.3 is 5.97 Å². The maximum absolute atomic E-state index is 12.8. The molecule has 1 amide bonds. The van der Waals surface area contributed by atoms with Crippen LogP contribution in [0.4, 0.5) is 5.82 Å². The monoisotopic (exact) mass is 589 g/mol. The Hall–Kier alpha value is -3.60. The second kappa shape index (κ2) is 14.7. The highest BCUT2D eigenvalue weighted by Gasteiger charge is 2.19. The van der Waals surface area contributed by atoms with E-state index in [9.17, 15) is 9.59 Å². The lowest BCUT2D eigenvalue weighted by atomic mass is 10.1. The van der Waals surface area contributed by atoms with E-state index in [1.54, 1.807) is 24.1 Å². The number of nitrogens with two attached hydrogens (primary N) is 1. The molecule has 0 aliphatic heterocycles. The van der Waals surface area contributed by atoms with E-state index in [1.165, 1.54) is 7.11 Å². The molecule has 0 saturated heterocycles. The van der Waals surface area contributed by atoms with Crippen molar-refractivity contribution in [2.24, 2.45) is 0 Å². The van der Waals surface area contributed by atoms with E-state index < -0.39 is 5.97 Å². The smallest absolute Gasteiger partial charge is 0.343 e. The second-order valence-corrected chi connectivity index (χ2v) is 9.18. The lowest BCUT2D eigenvalue weighted by molar-refractivity contribution is -0.143. The molecule has 0 fully saturated rings. The number of anilines is 1. The van der Waals surface area contributed by atoms with Crippen molar-refractivity contribution in [2.75, 3.05) is 45.6 Å². The molecule has 2 aromatic carbocycles. The Kier molecular flexibility index (Phi) is 11.4. The maximum Gasteiger partial charge on any atom is 0.343 e. The number of carbonyl (C=O) groups is 2. The molecular weight excluding hydrogens is 557 g/mol. The van der Waals surface area contributed by atoms with Gasteiger partial charge in [-0.1, -0.05) is 36.4 Å². The summed E-state index contributed by atoms with van der Waals surface area (Å²) in [5.41, 5.74) is 9.43. The number of esters is 1. The molecule has 0 atom stereocenters. The molecule has 0 bridgehead atoms. The van der Waals surface area contributed by atoms with Crippen LogP contribution >= 0.6 is 24.0 Å². The third kappa shape index (κ3) is 7.12. The summed E-state index contributed by atoms with van der Waals surface area (Å²) in [4.78, 5) is 35.4. The summed E-state index contributed by atoms with van der Waals surface area (Å²) < 4.78 is 17.8. The molecule has 12 heteroatoms. The third-order valence-corrected chi connectivity index (χ3v) is 6.63. The number of benzene rings is 2. The maximum atomic E-state index is 12.8. The quantitative estimate of drug-likeness (QED) is 0.183. The summed E-state index contributed by atoms with van der Waals surface area (Å²) in [5, 5.41) is 0.961. The zero-order valence-corrected chi connectivity index (χ0v) is 24.0. The third-order valence-electron chi connectivity index (χ3n) is 6.40. The van der Waals surface area contributed by atoms with Gasteiger partial charge in [-0.05, 0) is 18.6 Å². The van der Waals surface area contributed by atoms with Crippen LogP contribution in [0.25, 0.3) is 21.9 Å². The van der Waals surface area contributed by atoms with E-state index in [-0.39, 0.29) is 37.3 Å². The number of ether oxygens (including phenoxy) is 3. The van der Waals surface area contributed by atoms with Gasteiger partial charge in [0.15, 0.2) is 12.4 Å². The number of rotatable bonds is 13. The minimum Gasteiger partial charge on any atom is -0.482 e. The number of hydrogen-bond acceptors (Lipinski definition) is 8. The summed E-state index contributed by atoms with van der Waals surface area (Å²) in [6.45, 7) is 1.60. The number of nitrogen functional groups attached to an aromatic ring is 1. The van der Waals surface area contributed by atoms with Crippen LogP contribution in [0.3, 0.4) is 0 Å². The molecule has 0 aliphatic carbocycles. The lowest BCUT2D eigenvalue weighted by Crippen LogP contribution is -2.33. The Labute approximate surface area is 243 Å². The van der Waals surface area contributed by atoms with E-state index in [0.29, 0.717) is 49.6 Å². The molecule has 2 N–H and O–H groups in total. The molecule has 2 heterocycles. The van der Waals surface area contributed by atoms with Crippen LogP contribution in [-0.4, -0.2) is 71.2 Å². The van der Waals surface area contributed by atoms with Crippen LogP contribution in [0.5, 0.6) is 5.75 Å². The Morgan fingerprint density at radius 1 is 1.07 bits per heavy atom. The van der Waals surface area contributed by atoms with E-state index in [2.05, 4.69) is 14.3 Å². The van der Waals surface area contributed by atoms with Gasteiger partial charge in [0.1, 0.15) is 23.0 Å². The number of aryl methyl sites for hydroxylation is 1. The molecule has 2 aromatic heterocycles. The number of fused-ring (bicyclic) bond motifs is 3. The number of methoxy groups -OCH3 is 2. The largest absolute Gasteiger partial charge is 0.482 e. The fourth-order valence-electron chi connectivity index (χ4n) is 4.50. The van der Waals surface area contributed by atoms with E-state index in [0.717, 1.165) is 27.8 Å². The Morgan fingerprint density at radius 3 is 2.58 bits per heavy atom. The first-order valence-electron chi connectivity index (χ1n) is 12.6. The van der Waals surface area contributed by atoms with Crippen molar-refractivity contribution >= 4 is 63.6 Å². The number of hydrogen-bond donors (Lipinski definition) is 1. The van der Waals surface area contributed by atoms with Crippen molar-refractivity contribution in [3.63, 3.8) is 0 Å². The SMILES string of the molecule is COCCc1nc2c(N)nc3ccccc3c2n1CCCN(Cc1ccccc1OCC(=O)OC)C(=O)CCl.Cl. The number of carbonyl (C=O) groups excluding carboxylic acids is 2. The standard InChI is InChI=1S/C28H32ClN5O5.ClH/c1-37-15-12-23-32-26-27(20-9-4-5-10-21(20)31-28(26)30)34(23)14-7-13-33(24(35)16-29)17-19-8-3-6-11-22(19)39-18-25(36)38-2;/h3-6,8-11H,7,12-18H2,1-2H3,(H2,30,31);1H. The molecule has 40 heavy (non-hydrogen) atoms. The molecule has 0 saturated carbocycles. The highest BCUT2D eigenvalue weighted by Crippen LogP contribution is 2.29. The number of amides is 1.